The molecule has 2 aliphatic rings. The zero-order valence-electron chi connectivity index (χ0n) is 13.3. The largest absolute Gasteiger partial charge is 0.343 e. The van der Waals surface area contributed by atoms with Gasteiger partial charge in [-0.2, -0.15) is 0 Å². The molecule has 0 saturated carbocycles. The van der Waals surface area contributed by atoms with E-state index in [4.69, 9.17) is 0 Å². The van der Waals surface area contributed by atoms with Crippen molar-refractivity contribution in [1.29, 1.82) is 0 Å². The smallest absolute Gasteiger partial charge is 0.245 e. The highest BCUT2D eigenvalue weighted by atomic mass is 16.2. The van der Waals surface area contributed by atoms with Gasteiger partial charge in [0, 0.05) is 5.69 Å². The van der Waals surface area contributed by atoms with Crippen LogP contribution in [0.5, 0.6) is 0 Å². The summed E-state index contributed by atoms with van der Waals surface area (Å²) in [5.74, 6) is -0.392. The minimum Gasteiger partial charge on any atom is -0.343 e. The van der Waals surface area contributed by atoms with Crippen LogP contribution < -0.4 is 10.2 Å². The lowest BCUT2D eigenvalue weighted by Crippen LogP contribution is -2.35. The fourth-order valence-electron chi connectivity index (χ4n) is 3.40. The van der Waals surface area contributed by atoms with Crippen LogP contribution >= 0.6 is 0 Å². The van der Waals surface area contributed by atoms with Crippen molar-refractivity contribution in [2.45, 2.75) is 6.92 Å². The van der Waals surface area contributed by atoms with Gasteiger partial charge in [0.15, 0.2) is 0 Å². The van der Waals surface area contributed by atoms with Crippen molar-refractivity contribution in [3.8, 4) is 0 Å². The van der Waals surface area contributed by atoms with E-state index in [0.717, 1.165) is 5.69 Å². The summed E-state index contributed by atoms with van der Waals surface area (Å²) < 4.78 is 0. The van der Waals surface area contributed by atoms with Crippen molar-refractivity contribution in [1.82, 2.24) is 0 Å². The normalized spacial score (nSPS) is 25.6. The number of aliphatic imine (C=N–C) groups is 1. The maximum absolute atomic E-state index is 13.0. The van der Waals surface area contributed by atoms with Crippen LogP contribution in [-0.2, 0) is 9.59 Å². The van der Waals surface area contributed by atoms with E-state index in [-0.39, 0.29) is 11.8 Å². The summed E-state index contributed by atoms with van der Waals surface area (Å²) in [6.07, 6.45) is 0. The number of rotatable bonds is 2. The van der Waals surface area contributed by atoms with Gasteiger partial charge < -0.3 is 5.32 Å². The van der Waals surface area contributed by atoms with E-state index in [2.05, 4.69) is 10.3 Å². The van der Waals surface area contributed by atoms with E-state index in [1.807, 2.05) is 55.5 Å². The third-order valence-electron chi connectivity index (χ3n) is 4.71. The molecule has 0 bridgehead atoms. The molecule has 120 valence electrons. The molecule has 2 atom stereocenters. The lowest BCUT2D eigenvalue weighted by Gasteiger charge is -2.19. The summed E-state index contributed by atoms with van der Waals surface area (Å²) >= 11 is 0. The minimum absolute atomic E-state index is 0.183. The van der Waals surface area contributed by atoms with E-state index in [9.17, 15) is 9.59 Å². The van der Waals surface area contributed by atoms with Crippen LogP contribution in [0.3, 0.4) is 0 Å². The average molecular weight is 319 g/mol. The maximum Gasteiger partial charge on any atom is 0.245 e. The number of benzene rings is 2. The Hall–Kier alpha value is -2.95. The highest BCUT2D eigenvalue weighted by Gasteiger charge is 2.61. The third-order valence-corrected chi connectivity index (χ3v) is 4.71. The molecule has 5 nitrogen and oxygen atoms in total. The summed E-state index contributed by atoms with van der Waals surface area (Å²) in [6, 6.07) is 18.6. The van der Waals surface area contributed by atoms with E-state index in [0.29, 0.717) is 18.1 Å². The van der Waals surface area contributed by atoms with Crippen LogP contribution in [0.4, 0.5) is 11.4 Å². The molecule has 2 aromatic rings. The lowest BCUT2D eigenvalue weighted by molar-refractivity contribution is -0.124. The van der Waals surface area contributed by atoms with Crippen LogP contribution in [0.25, 0.3) is 0 Å². The predicted octanol–water partition coefficient (Wildman–Crippen LogP) is 2.71. The van der Waals surface area contributed by atoms with Gasteiger partial charge in [-0.1, -0.05) is 36.4 Å². The molecule has 5 heteroatoms. The molecular formula is C19H17N3O2. The number of carbonyl (C=O) groups excluding carboxylic acids is 2. The third kappa shape index (κ3) is 2.05. The quantitative estimate of drug-likeness (QED) is 0.866. The van der Waals surface area contributed by atoms with Crippen LogP contribution in [0, 0.1) is 11.3 Å². The van der Waals surface area contributed by atoms with Gasteiger partial charge in [0.2, 0.25) is 11.8 Å². The Morgan fingerprint density at radius 3 is 2.33 bits per heavy atom. The molecule has 1 N–H and O–H groups in total. The molecule has 2 heterocycles. The lowest BCUT2D eigenvalue weighted by atomic mass is 9.80. The fraction of sp³-hybridized carbons (Fsp3) is 0.211. The SMILES string of the molecule is CC12CN=C(Nc3ccccc3)C1C(=O)N(c1ccccc1)C2=O. The Morgan fingerprint density at radius 2 is 1.67 bits per heavy atom. The van der Waals surface area contributed by atoms with Crippen LogP contribution in [0.2, 0.25) is 0 Å². The number of amidine groups is 1. The van der Waals surface area contributed by atoms with Gasteiger partial charge in [0.1, 0.15) is 11.8 Å². The standard InChI is InChI=1S/C19H17N3O2/c1-19-12-20-16(21-13-8-4-2-5-9-13)15(19)17(23)22(18(19)24)14-10-6-3-7-11-14/h2-11,15H,12H2,1H3,(H,20,21). The second kappa shape index (κ2) is 5.30. The Bertz CT molecular complexity index is 832. The monoisotopic (exact) mass is 319 g/mol. The van der Waals surface area contributed by atoms with Crippen molar-refractivity contribution in [2.24, 2.45) is 16.3 Å². The Balaban J connectivity index is 1.68. The number of para-hydroxylation sites is 2. The second-order valence-corrected chi connectivity index (χ2v) is 6.36. The van der Waals surface area contributed by atoms with Gasteiger partial charge in [-0.05, 0) is 31.2 Å². The topological polar surface area (TPSA) is 61.8 Å². The number of fused-ring (bicyclic) bond motifs is 1. The second-order valence-electron chi connectivity index (χ2n) is 6.36. The molecule has 4 rings (SSSR count). The molecular weight excluding hydrogens is 302 g/mol. The fourth-order valence-corrected chi connectivity index (χ4v) is 3.40. The number of amides is 2. The summed E-state index contributed by atoms with van der Waals surface area (Å²) in [7, 11) is 0. The van der Waals surface area contributed by atoms with Crippen molar-refractivity contribution in [2.75, 3.05) is 16.8 Å². The van der Waals surface area contributed by atoms with Gasteiger partial charge in [-0.3, -0.25) is 14.6 Å². The number of carbonyl (C=O) groups is 2. The van der Waals surface area contributed by atoms with Gasteiger partial charge in [0.25, 0.3) is 0 Å². The number of imide groups is 1. The van der Waals surface area contributed by atoms with Crippen molar-refractivity contribution < 1.29 is 9.59 Å². The molecule has 2 amide bonds. The number of hydrogen-bond donors (Lipinski definition) is 1. The minimum atomic E-state index is -0.815. The van der Waals surface area contributed by atoms with Crippen molar-refractivity contribution >= 4 is 29.0 Å². The zero-order valence-corrected chi connectivity index (χ0v) is 13.3. The Labute approximate surface area is 140 Å². The molecule has 0 spiro atoms. The van der Waals surface area contributed by atoms with E-state index in [1.54, 1.807) is 12.1 Å². The summed E-state index contributed by atoms with van der Waals surface area (Å²) in [5, 5.41) is 3.21. The first kappa shape index (κ1) is 14.6. The molecule has 0 radical (unpaired) electrons. The summed E-state index contributed by atoms with van der Waals surface area (Å²) in [5.41, 5.74) is 0.658. The Kier molecular flexibility index (Phi) is 3.23. The molecule has 2 aliphatic heterocycles. The van der Waals surface area contributed by atoms with Gasteiger partial charge >= 0.3 is 0 Å². The Morgan fingerprint density at radius 1 is 1.04 bits per heavy atom. The van der Waals surface area contributed by atoms with Crippen LogP contribution in [0.15, 0.2) is 65.7 Å². The van der Waals surface area contributed by atoms with E-state index >= 15 is 0 Å². The van der Waals surface area contributed by atoms with E-state index < -0.39 is 11.3 Å². The number of hydrogen-bond acceptors (Lipinski definition) is 4. The molecule has 1 fully saturated rings. The zero-order chi connectivity index (χ0) is 16.7. The van der Waals surface area contributed by atoms with Gasteiger partial charge in [-0.15, -0.1) is 0 Å². The first-order chi connectivity index (χ1) is 11.6. The molecule has 0 aromatic heterocycles. The molecule has 2 aromatic carbocycles. The number of nitrogens with zero attached hydrogens (tertiary/aromatic N) is 2. The molecule has 2 unspecified atom stereocenters. The first-order valence-corrected chi connectivity index (χ1v) is 7.91. The number of anilines is 2. The number of nitrogens with one attached hydrogen (secondary N) is 1. The molecule has 1 saturated heterocycles. The highest BCUT2D eigenvalue weighted by Crippen LogP contribution is 2.44. The van der Waals surface area contributed by atoms with E-state index in [1.165, 1.54) is 4.90 Å². The first-order valence-electron chi connectivity index (χ1n) is 7.91. The van der Waals surface area contributed by atoms with Crippen LogP contribution in [0.1, 0.15) is 6.92 Å². The van der Waals surface area contributed by atoms with Crippen LogP contribution in [-0.4, -0.2) is 24.2 Å². The van der Waals surface area contributed by atoms with Crippen molar-refractivity contribution in [3.63, 3.8) is 0 Å². The maximum atomic E-state index is 13.0. The highest BCUT2D eigenvalue weighted by molar-refractivity contribution is 6.32. The van der Waals surface area contributed by atoms with Crippen molar-refractivity contribution in [3.05, 3.63) is 60.7 Å². The van der Waals surface area contributed by atoms with Gasteiger partial charge in [-0.25, -0.2) is 4.90 Å². The summed E-state index contributed by atoms with van der Waals surface area (Å²) in [6.45, 7) is 2.14. The molecule has 0 aliphatic carbocycles. The average Bonchev–Trinajstić information content (AvgIpc) is 3.03. The van der Waals surface area contributed by atoms with Gasteiger partial charge in [0.05, 0.1) is 17.6 Å². The summed E-state index contributed by atoms with van der Waals surface area (Å²) in [4.78, 5) is 31.7. The molecule has 24 heavy (non-hydrogen) atoms. The predicted molar refractivity (Wildman–Crippen MR) is 92.9 cm³/mol.